The van der Waals surface area contributed by atoms with Crippen LogP contribution in [0.1, 0.15) is 27.7 Å². The van der Waals surface area contributed by atoms with Crippen LogP contribution in [0.4, 0.5) is 0 Å². The Morgan fingerprint density at radius 3 is 2.50 bits per heavy atom. The minimum absolute atomic E-state index is 0.363. The molecule has 0 bridgehead atoms. The van der Waals surface area contributed by atoms with Crippen LogP contribution in [-0.4, -0.2) is 23.2 Å². The van der Waals surface area contributed by atoms with Gasteiger partial charge in [0.1, 0.15) is 6.10 Å². The Hall–Kier alpha value is -2.20. The molecule has 0 amide bonds. The molecule has 1 aromatic heterocycles. The first-order chi connectivity index (χ1) is 8.72. The van der Waals surface area contributed by atoms with E-state index in [9.17, 15) is 9.90 Å². The molecule has 18 heavy (non-hydrogen) atoms. The zero-order valence-electron chi connectivity index (χ0n) is 9.91. The lowest BCUT2D eigenvalue weighted by Crippen LogP contribution is -2.05. The van der Waals surface area contributed by atoms with E-state index in [4.69, 9.17) is 0 Å². The third kappa shape index (κ3) is 2.55. The Kier molecular flexibility index (Phi) is 3.69. The van der Waals surface area contributed by atoms with Crippen molar-refractivity contribution in [1.29, 1.82) is 0 Å². The molecule has 1 N–H and O–H groups in total. The number of ether oxygens (including phenoxy) is 1. The molecule has 1 heterocycles. The standard InChI is InChI=1S/C14H13NO3/c1-18-14(17)11-7-8-12(15-9-11)13(16)10-5-3-2-4-6-10/h2-9,13,16H,1H3/t13-/m0/s1. The van der Waals surface area contributed by atoms with Gasteiger partial charge in [0.05, 0.1) is 18.4 Å². The smallest absolute Gasteiger partial charge is 0.339 e. The fourth-order valence-electron chi connectivity index (χ4n) is 1.61. The molecular formula is C14H13NO3. The molecule has 0 aliphatic rings. The lowest BCUT2D eigenvalue weighted by molar-refractivity contribution is 0.0600. The van der Waals surface area contributed by atoms with Crippen LogP contribution in [0.15, 0.2) is 48.7 Å². The molecule has 2 aromatic rings. The maximum Gasteiger partial charge on any atom is 0.339 e. The van der Waals surface area contributed by atoms with Gasteiger partial charge in [-0.15, -0.1) is 0 Å². The fourth-order valence-corrected chi connectivity index (χ4v) is 1.61. The van der Waals surface area contributed by atoms with E-state index in [0.29, 0.717) is 11.3 Å². The molecule has 0 unspecified atom stereocenters. The number of carbonyl (C=O) groups is 1. The summed E-state index contributed by atoms with van der Waals surface area (Å²) in [6.07, 6.45) is 0.603. The first kappa shape index (κ1) is 12.3. The second-order valence-corrected chi connectivity index (χ2v) is 3.78. The molecule has 1 aromatic carbocycles. The van der Waals surface area contributed by atoms with Crippen molar-refractivity contribution in [1.82, 2.24) is 4.98 Å². The van der Waals surface area contributed by atoms with E-state index in [0.717, 1.165) is 5.56 Å². The highest BCUT2D eigenvalue weighted by Crippen LogP contribution is 2.19. The highest BCUT2D eigenvalue weighted by atomic mass is 16.5. The number of methoxy groups -OCH3 is 1. The molecule has 4 nitrogen and oxygen atoms in total. The molecule has 0 saturated carbocycles. The predicted octanol–water partition coefficient (Wildman–Crippen LogP) is 1.95. The van der Waals surface area contributed by atoms with E-state index >= 15 is 0 Å². The van der Waals surface area contributed by atoms with Crippen LogP contribution >= 0.6 is 0 Å². The van der Waals surface area contributed by atoms with Crippen LogP contribution in [0, 0.1) is 0 Å². The maximum atomic E-state index is 11.2. The topological polar surface area (TPSA) is 59.4 Å². The summed E-state index contributed by atoms with van der Waals surface area (Å²) in [5, 5.41) is 10.1. The summed E-state index contributed by atoms with van der Waals surface area (Å²) in [6, 6.07) is 12.4. The number of carbonyl (C=O) groups excluding carboxylic acids is 1. The van der Waals surface area contributed by atoms with Crippen molar-refractivity contribution in [3.05, 3.63) is 65.5 Å². The zero-order chi connectivity index (χ0) is 13.0. The van der Waals surface area contributed by atoms with Gasteiger partial charge in [0.15, 0.2) is 0 Å². The van der Waals surface area contributed by atoms with Gasteiger partial charge in [-0.1, -0.05) is 30.3 Å². The fraction of sp³-hybridized carbons (Fsp3) is 0.143. The van der Waals surface area contributed by atoms with Crippen molar-refractivity contribution in [3.63, 3.8) is 0 Å². The van der Waals surface area contributed by atoms with Gasteiger partial charge in [0, 0.05) is 6.20 Å². The van der Waals surface area contributed by atoms with Gasteiger partial charge < -0.3 is 9.84 Å². The zero-order valence-corrected chi connectivity index (χ0v) is 9.91. The normalized spacial score (nSPS) is 11.9. The van der Waals surface area contributed by atoms with E-state index in [1.807, 2.05) is 30.3 Å². The Labute approximate surface area is 105 Å². The SMILES string of the molecule is COC(=O)c1ccc([C@@H](O)c2ccccc2)nc1. The minimum Gasteiger partial charge on any atom is -0.465 e. The summed E-state index contributed by atoms with van der Waals surface area (Å²) < 4.78 is 4.58. The molecule has 4 heteroatoms. The van der Waals surface area contributed by atoms with Crippen molar-refractivity contribution >= 4 is 5.97 Å². The molecule has 92 valence electrons. The lowest BCUT2D eigenvalue weighted by atomic mass is 10.1. The third-order valence-corrected chi connectivity index (χ3v) is 2.60. The van der Waals surface area contributed by atoms with Crippen LogP contribution in [0.2, 0.25) is 0 Å². The Balaban J connectivity index is 2.22. The maximum absolute atomic E-state index is 11.2. The highest BCUT2D eigenvalue weighted by molar-refractivity contribution is 5.88. The van der Waals surface area contributed by atoms with Gasteiger partial charge in [-0.2, -0.15) is 0 Å². The first-order valence-corrected chi connectivity index (χ1v) is 5.49. The third-order valence-electron chi connectivity index (χ3n) is 2.60. The predicted molar refractivity (Wildman–Crippen MR) is 66.1 cm³/mol. The number of nitrogens with zero attached hydrogens (tertiary/aromatic N) is 1. The average molecular weight is 243 g/mol. The van der Waals surface area contributed by atoms with E-state index in [2.05, 4.69) is 9.72 Å². The highest BCUT2D eigenvalue weighted by Gasteiger charge is 2.12. The van der Waals surface area contributed by atoms with Crippen LogP contribution in [-0.2, 0) is 4.74 Å². The Morgan fingerprint density at radius 2 is 1.94 bits per heavy atom. The Bertz CT molecular complexity index is 522. The largest absolute Gasteiger partial charge is 0.465 e. The van der Waals surface area contributed by atoms with Gasteiger partial charge in [0.25, 0.3) is 0 Å². The number of esters is 1. The number of aliphatic hydroxyl groups is 1. The first-order valence-electron chi connectivity index (χ1n) is 5.49. The number of aliphatic hydroxyl groups excluding tert-OH is 1. The summed E-state index contributed by atoms with van der Waals surface area (Å²) in [7, 11) is 1.31. The van der Waals surface area contributed by atoms with Crippen molar-refractivity contribution in [2.75, 3.05) is 7.11 Å². The monoisotopic (exact) mass is 243 g/mol. The molecule has 0 spiro atoms. The molecule has 2 rings (SSSR count). The summed E-state index contributed by atoms with van der Waals surface area (Å²) in [5.41, 5.74) is 1.62. The summed E-state index contributed by atoms with van der Waals surface area (Å²) >= 11 is 0. The Morgan fingerprint density at radius 1 is 1.22 bits per heavy atom. The van der Waals surface area contributed by atoms with Gasteiger partial charge in [-0.25, -0.2) is 4.79 Å². The molecular weight excluding hydrogens is 230 g/mol. The molecule has 0 radical (unpaired) electrons. The van der Waals surface area contributed by atoms with Gasteiger partial charge >= 0.3 is 5.97 Å². The number of pyridine rings is 1. The number of benzene rings is 1. The van der Waals surface area contributed by atoms with Gasteiger partial charge in [0.2, 0.25) is 0 Å². The average Bonchev–Trinajstić information content (AvgIpc) is 2.47. The van der Waals surface area contributed by atoms with Crippen LogP contribution in [0.25, 0.3) is 0 Å². The van der Waals surface area contributed by atoms with Crippen LogP contribution in [0.5, 0.6) is 0 Å². The van der Waals surface area contributed by atoms with Crippen molar-refractivity contribution in [2.24, 2.45) is 0 Å². The number of aromatic nitrogens is 1. The van der Waals surface area contributed by atoms with Gasteiger partial charge in [-0.3, -0.25) is 4.98 Å². The lowest BCUT2D eigenvalue weighted by Gasteiger charge is -2.10. The minimum atomic E-state index is -0.794. The van der Waals surface area contributed by atoms with E-state index in [1.165, 1.54) is 13.3 Å². The molecule has 0 saturated heterocycles. The van der Waals surface area contributed by atoms with Crippen LogP contribution < -0.4 is 0 Å². The second kappa shape index (κ2) is 5.42. The molecule has 0 aliphatic carbocycles. The van der Waals surface area contributed by atoms with Crippen LogP contribution in [0.3, 0.4) is 0 Å². The summed E-state index contributed by atoms with van der Waals surface area (Å²) in [6.45, 7) is 0. The number of rotatable bonds is 3. The van der Waals surface area contributed by atoms with Crippen molar-refractivity contribution < 1.29 is 14.6 Å². The summed E-state index contributed by atoms with van der Waals surface area (Å²) in [4.78, 5) is 15.3. The molecule has 0 aliphatic heterocycles. The molecule has 0 fully saturated rings. The number of hydrogen-bond donors (Lipinski definition) is 1. The quantitative estimate of drug-likeness (QED) is 0.837. The second-order valence-electron chi connectivity index (χ2n) is 3.78. The van der Waals surface area contributed by atoms with E-state index in [1.54, 1.807) is 12.1 Å². The molecule has 1 atom stereocenters. The number of hydrogen-bond acceptors (Lipinski definition) is 4. The van der Waals surface area contributed by atoms with Crippen molar-refractivity contribution in [3.8, 4) is 0 Å². The van der Waals surface area contributed by atoms with E-state index < -0.39 is 12.1 Å². The summed E-state index contributed by atoms with van der Waals surface area (Å²) in [5.74, 6) is -0.441. The van der Waals surface area contributed by atoms with Crippen molar-refractivity contribution in [2.45, 2.75) is 6.10 Å². The van der Waals surface area contributed by atoms with E-state index in [-0.39, 0.29) is 0 Å². The van der Waals surface area contributed by atoms with Gasteiger partial charge in [-0.05, 0) is 17.7 Å².